The van der Waals surface area contributed by atoms with Crippen LogP contribution in [0.3, 0.4) is 0 Å². The van der Waals surface area contributed by atoms with Gasteiger partial charge in [0.1, 0.15) is 34.6 Å². The molecular weight excluding hydrogens is 1490 g/mol. The molecule has 2 saturated heterocycles. The number of ether oxygens (including phenoxy) is 4. The quantitative estimate of drug-likeness (QED) is 0.0917. The van der Waals surface area contributed by atoms with Gasteiger partial charge >= 0.3 is 14.2 Å². The normalized spacial score (nSPS) is 14.7. The highest BCUT2D eigenvalue weighted by molar-refractivity contribution is 9.10. The van der Waals surface area contributed by atoms with Crippen LogP contribution in [0.1, 0.15) is 70.2 Å². The first kappa shape index (κ1) is 76.5. The highest BCUT2D eigenvalue weighted by atomic mass is 79.9. The van der Waals surface area contributed by atoms with Gasteiger partial charge in [-0.3, -0.25) is 0 Å². The van der Waals surface area contributed by atoms with Gasteiger partial charge in [-0.15, -0.1) is 0 Å². The van der Waals surface area contributed by atoms with Gasteiger partial charge in [0.05, 0.1) is 84.0 Å². The van der Waals surface area contributed by atoms with Crippen LogP contribution in [0.5, 0.6) is 23.0 Å². The molecular formula is C94H90B2Br2N4O8. The number of imidazole rings is 2. The van der Waals surface area contributed by atoms with E-state index in [1.54, 1.807) is 28.4 Å². The van der Waals surface area contributed by atoms with Crippen LogP contribution in [0.25, 0.3) is 143 Å². The van der Waals surface area contributed by atoms with Gasteiger partial charge in [0.15, 0.2) is 0 Å². The first-order valence-corrected chi connectivity index (χ1v) is 37.9. The Morgan fingerprint density at radius 2 is 0.627 bits per heavy atom. The van der Waals surface area contributed by atoms with Crippen LogP contribution >= 0.6 is 31.9 Å². The molecule has 0 bridgehead atoms. The zero-order valence-corrected chi connectivity index (χ0v) is 66.2. The lowest BCUT2D eigenvalue weighted by molar-refractivity contribution is 0.00578. The Balaban J connectivity index is 0.000000149. The third-order valence-corrected chi connectivity index (χ3v) is 23.5. The summed E-state index contributed by atoms with van der Waals surface area (Å²) in [5.74, 6) is 5.05. The smallest absolute Gasteiger partial charge is 0.494 e. The molecule has 554 valence electrons. The van der Waals surface area contributed by atoms with Crippen molar-refractivity contribution in [3.63, 3.8) is 0 Å². The van der Waals surface area contributed by atoms with Crippen molar-refractivity contribution < 1.29 is 37.6 Å². The molecule has 0 spiro atoms. The fourth-order valence-electron chi connectivity index (χ4n) is 15.1. The lowest BCUT2D eigenvalue weighted by atomic mass is 9.74. The largest absolute Gasteiger partial charge is 0.497 e. The predicted octanol–water partition coefficient (Wildman–Crippen LogP) is 23.5. The Labute approximate surface area is 661 Å². The van der Waals surface area contributed by atoms with E-state index in [1.165, 1.54) is 21.5 Å². The monoisotopic (exact) mass is 1580 g/mol. The number of methoxy groups -OCH3 is 4. The summed E-state index contributed by atoms with van der Waals surface area (Å²) in [5.41, 5.74) is 13.7. The van der Waals surface area contributed by atoms with Crippen LogP contribution in [0.2, 0.25) is 0 Å². The van der Waals surface area contributed by atoms with Gasteiger partial charge in [0, 0.05) is 44.6 Å². The molecule has 0 aliphatic carbocycles. The van der Waals surface area contributed by atoms with E-state index in [0.29, 0.717) is 0 Å². The zero-order chi connectivity index (χ0) is 75.3. The van der Waals surface area contributed by atoms with Crippen molar-refractivity contribution in [2.45, 2.75) is 92.6 Å². The predicted molar refractivity (Wildman–Crippen MR) is 467 cm³/mol. The minimum absolute atomic E-state index is 0. The van der Waals surface area contributed by atoms with Crippen LogP contribution < -0.4 is 29.9 Å². The van der Waals surface area contributed by atoms with E-state index < -0.39 is 0 Å². The molecule has 14 aromatic carbocycles. The summed E-state index contributed by atoms with van der Waals surface area (Å²) in [6.45, 7) is 16.5. The molecule has 0 amide bonds. The average molecular weight is 1590 g/mol. The first-order chi connectivity index (χ1) is 51.9. The summed E-state index contributed by atoms with van der Waals surface area (Å²) in [6, 6.07) is 84.8. The van der Waals surface area contributed by atoms with Crippen LogP contribution in [0, 0.1) is 0 Å². The number of aryl methyl sites for hydroxylation is 2. The maximum absolute atomic E-state index is 6.10. The third kappa shape index (κ3) is 13.5. The van der Waals surface area contributed by atoms with Gasteiger partial charge in [0.2, 0.25) is 0 Å². The summed E-state index contributed by atoms with van der Waals surface area (Å²) in [4.78, 5) is 10.7. The summed E-state index contributed by atoms with van der Waals surface area (Å²) >= 11 is 7.33. The summed E-state index contributed by atoms with van der Waals surface area (Å²) in [7, 11) is 10.4. The highest BCUT2D eigenvalue weighted by Gasteiger charge is 2.53. The number of aromatic nitrogens is 4. The number of halogens is 2. The van der Waals surface area contributed by atoms with Gasteiger partial charge in [-0.25, -0.2) is 9.97 Å². The molecule has 0 saturated carbocycles. The zero-order valence-electron chi connectivity index (χ0n) is 63.1. The van der Waals surface area contributed by atoms with Gasteiger partial charge in [0.25, 0.3) is 0 Å². The molecule has 0 N–H and O–H groups in total. The molecule has 18 rings (SSSR count). The van der Waals surface area contributed by atoms with Crippen molar-refractivity contribution in [3.8, 4) is 79.2 Å². The number of fused-ring (bicyclic) bond motifs is 14. The van der Waals surface area contributed by atoms with E-state index in [0.717, 1.165) is 164 Å². The second-order valence-electron chi connectivity index (χ2n) is 29.9. The molecule has 0 radical (unpaired) electrons. The molecule has 0 unspecified atom stereocenters. The van der Waals surface area contributed by atoms with E-state index in [1.807, 2.05) is 60.7 Å². The number of hydrogen-bond donors (Lipinski definition) is 0. The molecule has 2 aliphatic heterocycles. The van der Waals surface area contributed by atoms with Crippen LogP contribution in [0.4, 0.5) is 0 Å². The molecule has 0 atom stereocenters. The highest BCUT2D eigenvalue weighted by Crippen LogP contribution is 2.47. The molecule has 16 heteroatoms. The second kappa shape index (κ2) is 29.8. The minimum atomic E-state index is -0.345. The standard InChI is InChI=1S/C47H36N2O3.C27H18Br2N2O.C18H28B2O4.2CH4/c1-49-46-42-28-35(31-11-9-29(10-12-31)30-13-20-36(50-2)21-14-30)18-25-40(42)39-24-17-34(32-15-22-37(51-3)23-16-32)27-41(39)45(46)48-47(49)44-38-8-6-5-7-33(38)19-26-43(44)52-4;1-31-26-22-14-17(29)9-11-20(22)19-10-8-16(28)13-21(19)25(26)30-27(31)24-18-6-4-3-5-15(18)7-12-23(24)32-2;1-15(2)16(3,4)22-19(21-15)13-9-11-14(12-10-13)20-23-17(5,6)18(7,8)24-20;;/h5-28H,1-4H3;3-14H,1-2H3;9-12H,1-8H3;2*1H4. The fourth-order valence-corrected chi connectivity index (χ4v) is 15.9. The third-order valence-electron chi connectivity index (χ3n) is 22.5. The van der Waals surface area contributed by atoms with E-state index in [4.69, 9.17) is 47.5 Å². The van der Waals surface area contributed by atoms with E-state index in [9.17, 15) is 0 Å². The Kier molecular flexibility index (Phi) is 20.7. The van der Waals surface area contributed by atoms with Crippen molar-refractivity contribution >= 4 is 144 Å². The van der Waals surface area contributed by atoms with E-state index >= 15 is 0 Å². The van der Waals surface area contributed by atoms with Crippen molar-refractivity contribution in [3.05, 3.63) is 252 Å². The second-order valence-corrected chi connectivity index (χ2v) is 31.7. The van der Waals surface area contributed by atoms with Crippen molar-refractivity contribution in [2.75, 3.05) is 28.4 Å². The first-order valence-electron chi connectivity index (χ1n) is 36.3. The van der Waals surface area contributed by atoms with Crippen molar-refractivity contribution in [1.29, 1.82) is 0 Å². The van der Waals surface area contributed by atoms with Gasteiger partial charge in [-0.1, -0.05) is 217 Å². The summed E-state index contributed by atoms with van der Waals surface area (Å²) < 4.78 is 53.5. The Morgan fingerprint density at radius 1 is 0.318 bits per heavy atom. The van der Waals surface area contributed by atoms with Crippen LogP contribution in [0.15, 0.2) is 252 Å². The lowest BCUT2D eigenvalue weighted by Gasteiger charge is -2.32. The van der Waals surface area contributed by atoms with Crippen molar-refractivity contribution in [2.24, 2.45) is 14.1 Å². The maximum atomic E-state index is 6.10. The summed E-state index contributed by atoms with van der Waals surface area (Å²) in [6.07, 6.45) is 0. The summed E-state index contributed by atoms with van der Waals surface area (Å²) in [5, 5.41) is 13.8. The van der Waals surface area contributed by atoms with E-state index in [-0.39, 0.29) is 51.5 Å². The van der Waals surface area contributed by atoms with Gasteiger partial charge < -0.3 is 46.7 Å². The lowest BCUT2D eigenvalue weighted by Crippen LogP contribution is -2.41. The molecule has 4 heterocycles. The SMILES string of the molecule is C.C.CC1(C)OB(c2ccc(B3OC(C)(C)C(C)(C)O3)cc2)OC1(C)C.COc1ccc(-c2ccc(-c3ccc4c5ccc(-c6ccc(OC)cc6)cc5c5nc(-c6c(OC)ccc7ccccc67)n(C)c5c4c3)cc2)cc1.COc1ccc2ccccc2c1-c1nc2c3cc(Br)ccc3c3ccc(Br)cc3c2n1C. The number of nitrogens with zero attached hydrogens (tertiary/aromatic N) is 4. The number of benzene rings is 14. The fraction of sp³-hybridized carbons (Fsp3) is 0.213. The van der Waals surface area contributed by atoms with Crippen LogP contribution in [-0.4, -0.2) is 84.2 Å². The van der Waals surface area contributed by atoms with E-state index in [2.05, 4.69) is 292 Å². The number of rotatable bonds is 11. The topological polar surface area (TPSA) is 109 Å². The Hall–Kier alpha value is -10.3. The van der Waals surface area contributed by atoms with Gasteiger partial charge in [-0.05, 0) is 216 Å². The maximum Gasteiger partial charge on any atom is 0.494 e. The molecule has 2 aliphatic rings. The Morgan fingerprint density at radius 3 is 1.01 bits per heavy atom. The van der Waals surface area contributed by atoms with Gasteiger partial charge in [-0.2, -0.15) is 0 Å². The minimum Gasteiger partial charge on any atom is -0.497 e. The average Bonchev–Trinajstić information content (AvgIpc) is 1.53. The number of hydrogen-bond acceptors (Lipinski definition) is 10. The van der Waals surface area contributed by atoms with Crippen molar-refractivity contribution in [1.82, 2.24) is 19.1 Å². The van der Waals surface area contributed by atoms with Crippen LogP contribution in [-0.2, 0) is 32.7 Å². The molecule has 2 aromatic heterocycles. The molecule has 110 heavy (non-hydrogen) atoms. The molecule has 16 aromatic rings. The molecule has 12 nitrogen and oxygen atoms in total. The Bertz CT molecular complexity index is 6110. The molecule has 2 fully saturated rings.